The highest BCUT2D eigenvalue weighted by atomic mass is 127. The Balaban J connectivity index is 2.73. The van der Waals surface area contributed by atoms with Gasteiger partial charge in [0.05, 0.1) is 47.4 Å². The summed E-state index contributed by atoms with van der Waals surface area (Å²) in [7, 11) is 0. The molecule has 0 aliphatic heterocycles. The predicted molar refractivity (Wildman–Crippen MR) is 84.3 cm³/mol. The first kappa shape index (κ1) is 14.4. The van der Waals surface area contributed by atoms with Crippen LogP contribution in [0.1, 0.15) is 32.4 Å². The smallest absolute Gasteiger partial charge is 0.109 e. The van der Waals surface area contributed by atoms with Gasteiger partial charge in [-0.25, -0.2) is 0 Å². The summed E-state index contributed by atoms with van der Waals surface area (Å²) in [6.07, 6.45) is 1.92. The average molecular weight is 446 g/mol. The summed E-state index contributed by atoms with van der Waals surface area (Å²) in [5.74, 6) is 0.479. The van der Waals surface area contributed by atoms with Crippen LogP contribution in [0.2, 0.25) is 0 Å². The molecule has 1 atom stereocenters. The normalized spacial score (nSPS) is 12.9. The SMILES string of the molecule is CC(C)c1ccc(N(I)C(C)COI)cn1. The zero-order valence-corrected chi connectivity index (χ0v) is 14.0. The van der Waals surface area contributed by atoms with Gasteiger partial charge in [-0.2, -0.15) is 0 Å². The van der Waals surface area contributed by atoms with E-state index >= 15 is 0 Å². The molecule has 90 valence electrons. The van der Waals surface area contributed by atoms with E-state index in [-0.39, 0.29) is 0 Å². The molecule has 0 amide bonds. The maximum Gasteiger partial charge on any atom is 0.109 e. The molecule has 1 heterocycles. The molecule has 1 unspecified atom stereocenters. The number of anilines is 1. The first-order chi connectivity index (χ1) is 7.56. The molecular weight excluding hydrogens is 430 g/mol. The van der Waals surface area contributed by atoms with Gasteiger partial charge in [0.2, 0.25) is 0 Å². The van der Waals surface area contributed by atoms with Gasteiger partial charge in [0.15, 0.2) is 0 Å². The minimum Gasteiger partial charge on any atom is -0.314 e. The number of rotatable bonds is 5. The number of aromatic nitrogens is 1. The molecular formula is C11H16I2N2O. The third-order valence-electron chi connectivity index (χ3n) is 2.30. The number of halogens is 2. The molecule has 0 aliphatic carbocycles. The Morgan fingerprint density at radius 1 is 1.38 bits per heavy atom. The van der Waals surface area contributed by atoms with Crippen LogP contribution in [0.5, 0.6) is 0 Å². The predicted octanol–water partition coefficient (Wildman–Crippen LogP) is 4.12. The Labute approximate surface area is 125 Å². The second kappa shape index (κ2) is 6.95. The number of hydrogen-bond donors (Lipinski definition) is 0. The minimum absolute atomic E-state index is 0.337. The van der Waals surface area contributed by atoms with Crippen LogP contribution in [-0.4, -0.2) is 17.6 Å². The molecule has 0 bridgehead atoms. The molecule has 0 aliphatic rings. The molecule has 0 radical (unpaired) electrons. The Morgan fingerprint density at radius 2 is 2.06 bits per heavy atom. The number of nitrogens with zero attached hydrogens (tertiary/aromatic N) is 2. The van der Waals surface area contributed by atoms with Crippen molar-refractivity contribution in [2.75, 3.05) is 9.72 Å². The van der Waals surface area contributed by atoms with E-state index in [1.165, 1.54) is 0 Å². The first-order valence-electron chi connectivity index (χ1n) is 5.20. The van der Waals surface area contributed by atoms with Crippen LogP contribution >= 0.6 is 45.9 Å². The van der Waals surface area contributed by atoms with Crippen molar-refractivity contribution in [3.05, 3.63) is 24.0 Å². The van der Waals surface area contributed by atoms with E-state index in [2.05, 4.69) is 63.9 Å². The molecule has 1 aromatic heterocycles. The van der Waals surface area contributed by atoms with E-state index in [1.807, 2.05) is 29.2 Å². The van der Waals surface area contributed by atoms with Gasteiger partial charge in [-0.3, -0.25) is 4.98 Å². The Morgan fingerprint density at radius 3 is 2.50 bits per heavy atom. The van der Waals surface area contributed by atoms with Gasteiger partial charge >= 0.3 is 0 Å². The zero-order valence-electron chi connectivity index (χ0n) is 9.65. The van der Waals surface area contributed by atoms with Gasteiger partial charge in [0.25, 0.3) is 0 Å². The molecule has 3 nitrogen and oxygen atoms in total. The molecule has 0 N–H and O–H groups in total. The van der Waals surface area contributed by atoms with Gasteiger partial charge in [0.1, 0.15) is 23.0 Å². The summed E-state index contributed by atoms with van der Waals surface area (Å²) in [6.45, 7) is 7.13. The lowest BCUT2D eigenvalue weighted by Crippen LogP contribution is -2.26. The van der Waals surface area contributed by atoms with Crippen molar-refractivity contribution in [3.8, 4) is 0 Å². The summed E-state index contributed by atoms with van der Waals surface area (Å²) in [4.78, 5) is 4.45. The van der Waals surface area contributed by atoms with E-state index in [0.717, 1.165) is 11.4 Å². The van der Waals surface area contributed by atoms with Crippen molar-refractivity contribution >= 4 is 51.6 Å². The van der Waals surface area contributed by atoms with E-state index in [9.17, 15) is 0 Å². The number of hydrogen-bond acceptors (Lipinski definition) is 3. The first-order valence-corrected chi connectivity index (χ1v) is 7.05. The topological polar surface area (TPSA) is 25.4 Å². The summed E-state index contributed by atoms with van der Waals surface area (Å²) >= 11 is 4.22. The fraction of sp³-hybridized carbons (Fsp3) is 0.545. The lowest BCUT2D eigenvalue weighted by molar-refractivity contribution is 0.397. The maximum absolute atomic E-state index is 5.11. The summed E-state index contributed by atoms with van der Waals surface area (Å²) in [6, 6.07) is 4.53. The summed E-state index contributed by atoms with van der Waals surface area (Å²) in [5.41, 5.74) is 2.25. The van der Waals surface area contributed by atoms with Crippen LogP contribution in [0.15, 0.2) is 18.3 Å². The van der Waals surface area contributed by atoms with Crippen LogP contribution < -0.4 is 3.11 Å². The maximum atomic E-state index is 5.11. The Bertz CT molecular complexity index is 316. The quantitative estimate of drug-likeness (QED) is 0.503. The van der Waals surface area contributed by atoms with Crippen LogP contribution in [0.3, 0.4) is 0 Å². The monoisotopic (exact) mass is 446 g/mol. The fourth-order valence-electron chi connectivity index (χ4n) is 1.28. The van der Waals surface area contributed by atoms with Crippen molar-refractivity contribution in [1.29, 1.82) is 0 Å². The van der Waals surface area contributed by atoms with Crippen molar-refractivity contribution in [1.82, 2.24) is 4.98 Å². The van der Waals surface area contributed by atoms with Crippen LogP contribution in [-0.2, 0) is 3.07 Å². The fourth-order valence-corrected chi connectivity index (χ4v) is 2.24. The second-order valence-corrected chi connectivity index (χ2v) is 5.69. The molecule has 0 saturated carbocycles. The highest BCUT2D eigenvalue weighted by Gasteiger charge is 2.12. The molecule has 0 fully saturated rings. The molecule has 16 heavy (non-hydrogen) atoms. The molecule has 0 aromatic carbocycles. The van der Waals surface area contributed by atoms with Crippen molar-refractivity contribution in [2.24, 2.45) is 0 Å². The minimum atomic E-state index is 0.337. The van der Waals surface area contributed by atoms with Crippen LogP contribution in [0.4, 0.5) is 5.69 Å². The second-order valence-electron chi connectivity index (χ2n) is 4.03. The molecule has 5 heteroatoms. The standard InChI is InChI=1S/C11H16I2N2O/c1-8(2)11-5-4-10(6-14-11)15(12)9(3)7-16-13/h4-6,8-9H,7H2,1-3H3. The van der Waals surface area contributed by atoms with E-state index < -0.39 is 0 Å². The van der Waals surface area contributed by atoms with Gasteiger partial charge in [-0.05, 0) is 25.0 Å². The summed E-state index contributed by atoms with van der Waals surface area (Å²) in [5, 5.41) is 0. The van der Waals surface area contributed by atoms with Crippen LogP contribution in [0, 0.1) is 0 Å². The van der Waals surface area contributed by atoms with Crippen molar-refractivity contribution < 1.29 is 3.07 Å². The van der Waals surface area contributed by atoms with Gasteiger partial charge in [-0.1, -0.05) is 13.8 Å². The third-order valence-corrected chi connectivity index (χ3v) is 4.17. The Kier molecular flexibility index (Phi) is 6.27. The van der Waals surface area contributed by atoms with Gasteiger partial charge < -0.3 is 6.18 Å². The Hall–Kier alpha value is 0.370. The summed E-state index contributed by atoms with van der Waals surface area (Å²) < 4.78 is 7.26. The molecule has 1 aromatic rings. The van der Waals surface area contributed by atoms with E-state index in [4.69, 9.17) is 3.07 Å². The van der Waals surface area contributed by atoms with E-state index in [0.29, 0.717) is 18.6 Å². The molecule has 0 spiro atoms. The van der Waals surface area contributed by atoms with Crippen LogP contribution in [0.25, 0.3) is 0 Å². The highest BCUT2D eigenvalue weighted by Crippen LogP contribution is 2.22. The lowest BCUT2D eigenvalue weighted by Gasteiger charge is -2.23. The zero-order chi connectivity index (χ0) is 12.1. The largest absolute Gasteiger partial charge is 0.314 e. The average Bonchev–Trinajstić information content (AvgIpc) is 2.28. The highest BCUT2D eigenvalue weighted by molar-refractivity contribution is 14.1. The third kappa shape index (κ3) is 3.99. The number of pyridine rings is 1. The van der Waals surface area contributed by atoms with Gasteiger partial charge in [-0.15, -0.1) is 0 Å². The molecule has 0 saturated heterocycles. The van der Waals surface area contributed by atoms with Crippen molar-refractivity contribution in [3.63, 3.8) is 0 Å². The lowest BCUT2D eigenvalue weighted by atomic mass is 10.1. The van der Waals surface area contributed by atoms with Gasteiger partial charge in [0, 0.05) is 5.69 Å². The molecule has 1 rings (SSSR count). The van der Waals surface area contributed by atoms with Crippen molar-refractivity contribution in [2.45, 2.75) is 32.7 Å². The van der Waals surface area contributed by atoms with E-state index in [1.54, 1.807) is 0 Å².